The van der Waals surface area contributed by atoms with Gasteiger partial charge in [-0.2, -0.15) is 0 Å². The molecule has 0 atom stereocenters. The molecule has 0 bridgehead atoms. The van der Waals surface area contributed by atoms with E-state index in [-0.39, 0.29) is 24.8 Å². The molecule has 0 aromatic heterocycles. The molecular weight excluding hydrogens is 473 g/mol. The van der Waals surface area contributed by atoms with Gasteiger partial charge in [-0.05, 0) is 64.8 Å². The lowest BCUT2D eigenvalue weighted by molar-refractivity contribution is -0.326. The zero-order valence-corrected chi connectivity index (χ0v) is 21.2. The highest BCUT2D eigenvalue weighted by atomic mass is 19.1. The van der Waals surface area contributed by atoms with Gasteiger partial charge in [0.25, 0.3) is 0 Å². The molecule has 0 saturated carbocycles. The van der Waals surface area contributed by atoms with Gasteiger partial charge in [-0.25, -0.2) is 14.0 Å². The van der Waals surface area contributed by atoms with Crippen molar-refractivity contribution in [2.45, 2.75) is 65.9 Å². The third-order valence-electron chi connectivity index (χ3n) is 4.00. The Morgan fingerprint density at radius 1 is 0.833 bits per heavy atom. The van der Waals surface area contributed by atoms with Crippen LogP contribution in [0.2, 0.25) is 0 Å². The van der Waals surface area contributed by atoms with Crippen molar-refractivity contribution in [1.29, 1.82) is 0 Å². The van der Waals surface area contributed by atoms with Gasteiger partial charge in [0.1, 0.15) is 23.6 Å². The number of oxime groups is 1. The van der Waals surface area contributed by atoms with Crippen molar-refractivity contribution in [3.8, 4) is 0 Å². The van der Waals surface area contributed by atoms with Crippen LogP contribution in [0.3, 0.4) is 0 Å². The lowest BCUT2D eigenvalue weighted by Crippen LogP contribution is -2.35. The van der Waals surface area contributed by atoms with E-state index in [1.807, 2.05) is 0 Å². The number of hydrogen-bond acceptors (Lipinski definition) is 9. The number of nitrogens with zero attached hydrogens (tertiary/aromatic N) is 2. The lowest BCUT2D eigenvalue weighted by atomic mass is 10.1. The van der Waals surface area contributed by atoms with Crippen molar-refractivity contribution in [2.24, 2.45) is 10.9 Å². The van der Waals surface area contributed by atoms with Gasteiger partial charge >= 0.3 is 12.3 Å². The Morgan fingerprint density at radius 3 is 1.78 bits per heavy atom. The van der Waals surface area contributed by atoms with Gasteiger partial charge in [0.05, 0.1) is 6.54 Å². The van der Waals surface area contributed by atoms with Crippen molar-refractivity contribution in [2.75, 3.05) is 0 Å². The van der Waals surface area contributed by atoms with Crippen LogP contribution in [0.5, 0.6) is 0 Å². The minimum Gasteiger partial charge on any atom is -0.427 e. The topological polar surface area (TPSA) is 122 Å². The van der Waals surface area contributed by atoms with E-state index < -0.39 is 23.5 Å². The first kappa shape index (κ1) is 28.4. The quantitative estimate of drug-likeness (QED) is 0.223. The number of halogens is 1. The van der Waals surface area contributed by atoms with Gasteiger partial charge in [-0.15, -0.1) is 0 Å². The van der Waals surface area contributed by atoms with Crippen LogP contribution in [0, 0.1) is 5.82 Å². The van der Waals surface area contributed by atoms with Crippen molar-refractivity contribution in [1.82, 2.24) is 5.23 Å². The van der Waals surface area contributed by atoms with Crippen LogP contribution in [-0.4, -0.2) is 34.6 Å². The number of hydroxylamine groups is 2. The minimum atomic E-state index is -1.06. The number of ether oxygens (including phenoxy) is 2. The Kier molecular flexibility index (Phi) is 9.62. The summed E-state index contributed by atoms with van der Waals surface area (Å²) in [6.45, 7) is 10.0. The van der Waals surface area contributed by atoms with Gasteiger partial charge in [0, 0.05) is 10.8 Å². The van der Waals surface area contributed by atoms with E-state index in [4.69, 9.17) is 29.7 Å². The second-order valence-electron chi connectivity index (χ2n) is 9.68. The van der Waals surface area contributed by atoms with Gasteiger partial charge in [-0.3, -0.25) is 9.68 Å². The summed E-state index contributed by atoms with van der Waals surface area (Å²) < 4.78 is 23.2. The van der Waals surface area contributed by atoms with E-state index in [1.54, 1.807) is 77.9 Å². The van der Waals surface area contributed by atoms with Crippen LogP contribution in [0.4, 0.5) is 14.0 Å². The molecule has 2 rings (SSSR count). The predicted octanol–water partition coefficient (Wildman–Crippen LogP) is 5.20. The van der Waals surface area contributed by atoms with E-state index in [0.717, 1.165) is 5.56 Å². The molecule has 11 heteroatoms. The van der Waals surface area contributed by atoms with Crippen molar-refractivity contribution >= 4 is 18.1 Å². The maximum absolute atomic E-state index is 13.0. The van der Waals surface area contributed by atoms with Crippen molar-refractivity contribution < 1.29 is 38.0 Å². The van der Waals surface area contributed by atoms with Crippen LogP contribution >= 0.6 is 0 Å². The summed E-state index contributed by atoms with van der Waals surface area (Å²) in [5.74, 6) is -0.219. The number of carbonyl (C=O) groups is 2. The molecule has 2 N–H and O–H groups in total. The standard InChI is InChI=1S/C25H32FN3O7/c1-24(2,3)33-22(30)35-29(36-23(31)34-25(4,5)6)15-17-7-11-19(12-8-17)21(27)28-32-16-18-9-13-20(26)14-10-18/h7-14H,15-16H2,1-6H3,(H2,27,28). The van der Waals surface area contributed by atoms with Crippen LogP contribution in [-0.2, 0) is 37.1 Å². The molecule has 0 unspecified atom stereocenters. The summed E-state index contributed by atoms with van der Waals surface area (Å²) in [5, 5.41) is 4.54. The van der Waals surface area contributed by atoms with E-state index >= 15 is 0 Å². The van der Waals surface area contributed by atoms with Gasteiger partial charge in [0.15, 0.2) is 5.84 Å². The maximum atomic E-state index is 13.0. The first-order valence-electron chi connectivity index (χ1n) is 11.1. The Bertz CT molecular complexity index is 1010. The molecule has 2 aromatic rings. The maximum Gasteiger partial charge on any atom is 0.531 e. The second-order valence-corrected chi connectivity index (χ2v) is 9.68. The van der Waals surface area contributed by atoms with E-state index in [2.05, 4.69) is 5.16 Å². The third kappa shape index (κ3) is 11.0. The Hall–Kier alpha value is -3.86. The summed E-state index contributed by atoms with van der Waals surface area (Å²) in [6, 6.07) is 12.5. The zero-order chi connectivity index (χ0) is 26.9. The van der Waals surface area contributed by atoms with Crippen LogP contribution in [0.1, 0.15) is 58.2 Å². The zero-order valence-electron chi connectivity index (χ0n) is 21.2. The highest BCUT2D eigenvalue weighted by Gasteiger charge is 2.26. The number of amidine groups is 1. The van der Waals surface area contributed by atoms with Gasteiger partial charge in [0.2, 0.25) is 0 Å². The lowest BCUT2D eigenvalue weighted by Gasteiger charge is -2.24. The number of nitrogens with two attached hydrogens (primary N) is 1. The molecule has 0 radical (unpaired) electrons. The molecule has 0 fully saturated rings. The summed E-state index contributed by atoms with van der Waals surface area (Å²) in [4.78, 5) is 39.5. The minimum absolute atomic E-state index is 0.121. The molecule has 2 aromatic carbocycles. The van der Waals surface area contributed by atoms with Crippen molar-refractivity contribution in [3.63, 3.8) is 0 Å². The van der Waals surface area contributed by atoms with Crippen LogP contribution in [0.25, 0.3) is 0 Å². The normalized spacial score (nSPS) is 12.2. The number of hydrogen-bond donors (Lipinski definition) is 1. The smallest absolute Gasteiger partial charge is 0.427 e. The molecule has 0 aliphatic rings. The molecule has 0 aliphatic heterocycles. The molecule has 196 valence electrons. The summed E-state index contributed by atoms with van der Waals surface area (Å²) in [5.41, 5.74) is 6.24. The summed E-state index contributed by atoms with van der Waals surface area (Å²) >= 11 is 0. The van der Waals surface area contributed by atoms with Crippen LogP contribution in [0.15, 0.2) is 53.7 Å². The van der Waals surface area contributed by atoms with E-state index in [9.17, 15) is 14.0 Å². The molecule has 0 heterocycles. The molecular formula is C25H32FN3O7. The fraction of sp³-hybridized carbons (Fsp3) is 0.400. The fourth-order valence-corrected chi connectivity index (χ4v) is 2.53. The first-order chi connectivity index (χ1) is 16.7. The summed E-state index contributed by atoms with van der Waals surface area (Å²) in [6.07, 6.45) is -2.12. The highest BCUT2D eigenvalue weighted by Crippen LogP contribution is 2.15. The Balaban J connectivity index is 2.03. The number of rotatable bonds is 8. The summed E-state index contributed by atoms with van der Waals surface area (Å²) in [7, 11) is 0. The van der Waals surface area contributed by atoms with Crippen molar-refractivity contribution in [3.05, 3.63) is 71.0 Å². The largest absolute Gasteiger partial charge is 0.531 e. The average molecular weight is 506 g/mol. The molecule has 0 saturated heterocycles. The first-order valence-corrected chi connectivity index (χ1v) is 11.1. The number of benzene rings is 2. The van der Waals surface area contributed by atoms with E-state index in [0.29, 0.717) is 16.4 Å². The molecule has 0 spiro atoms. The van der Waals surface area contributed by atoms with Gasteiger partial charge in [-0.1, -0.05) is 41.6 Å². The SMILES string of the molecule is CC(C)(C)OC(=O)ON(Cc1ccc(C(N)=NOCc2ccc(F)cc2)cc1)OC(=O)OC(C)(C)C. The van der Waals surface area contributed by atoms with E-state index in [1.165, 1.54) is 12.1 Å². The Labute approximate surface area is 209 Å². The average Bonchev–Trinajstić information content (AvgIpc) is 2.72. The third-order valence-corrected chi connectivity index (χ3v) is 4.00. The Morgan fingerprint density at radius 2 is 1.31 bits per heavy atom. The monoisotopic (exact) mass is 505 g/mol. The predicted molar refractivity (Wildman–Crippen MR) is 129 cm³/mol. The molecule has 10 nitrogen and oxygen atoms in total. The van der Waals surface area contributed by atoms with Gasteiger partial charge < -0.3 is 20.0 Å². The highest BCUT2D eigenvalue weighted by molar-refractivity contribution is 5.97. The molecule has 36 heavy (non-hydrogen) atoms. The second kappa shape index (κ2) is 12.2. The fourth-order valence-electron chi connectivity index (χ4n) is 2.53. The molecule has 0 aliphatic carbocycles. The molecule has 0 amide bonds. The number of carbonyl (C=O) groups excluding carboxylic acids is 2. The van der Waals surface area contributed by atoms with Crippen LogP contribution < -0.4 is 5.73 Å².